The van der Waals surface area contributed by atoms with Gasteiger partial charge in [0.05, 0.1) is 14.2 Å². The van der Waals surface area contributed by atoms with Gasteiger partial charge >= 0.3 is 0 Å². The van der Waals surface area contributed by atoms with Crippen molar-refractivity contribution in [2.45, 2.75) is 24.9 Å². The normalized spacial score (nSPS) is 24.8. The van der Waals surface area contributed by atoms with Crippen molar-refractivity contribution in [1.82, 2.24) is 4.90 Å². The second-order valence-electron chi connectivity index (χ2n) is 7.35. The molecule has 2 saturated heterocycles. The number of hydrogen-bond acceptors (Lipinski definition) is 4. The van der Waals surface area contributed by atoms with Crippen LogP contribution < -0.4 is 9.47 Å². The second kappa shape index (κ2) is 7.64. The van der Waals surface area contributed by atoms with Crippen molar-refractivity contribution in [1.29, 1.82) is 0 Å². The molecule has 0 unspecified atom stereocenters. The van der Waals surface area contributed by atoms with E-state index < -0.39 is 0 Å². The van der Waals surface area contributed by atoms with Gasteiger partial charge in [0.2, 0.25) is 0 Å². The molecule has 2 aliphatic heterocycles. The third-order valence-corrected chi connectivity index (χ3v) is 5.82. The maximum absolute atomic E-state index is 13.4. The zero-order valence-electron chi connectivity index (χ0n) is 16.5. The lowest BCUT2D eigenvalue weighted by molar-refractivity contribution is -0.114. The van der Waals surface area contributed by atoms with Gasteiger partial charge in [0, 0.05) is 23.2 Å². The highest BCUT2D eigenvalue weighted by Gasteiger charge is 2.44. The maximum atomic E-state index is 13.4. The summed E-state index contributed by atoms with van der Waals surface area (Å²) in [4.78, 5) is 15.7. The van der Waals surface area contributed by atoms with Gasteiger partial charge in [-0.15, -0.1) is 0 Å². The molecular formula is C24H25NO3. The highest BCUT2D eigenvalue weighted by molar-refractivity contribution is 6.16. The van der Waals surface area contributed by atoms with Crippen LogP contribution in [0.25, 0.3) is 12.2 Å². The molecule has 4 nitrogen and oxygen atoms in total. The average Bonchev–Trinajstić information content (AvgIpc) is 3.04. The molecule has 4 heteroatoms. The fraction of sp³-hybridized carbons (Fsp3) is 0.292. The summed E-state index contributed by atoms with van der Waals surface area (Å²) in [7, 11) is 5.43. The summed E-state index contributed by atoms with van der Waals surface area (Å²) in [5.74, 6) is 1.79. The predicted molar refractivity (Wildman–Crippen MR) is 112 cm³/mol. The number of piperidine rings is 1. The van der Waals surface area contributed by atoms with Crippen LogP contribution >= 0.6 is 0 Å². The van der Waals surface area contributed by atoms with Gasteiger partial charge in [0.1, 0.15) is 11.5 Å². The minimum absolute atomic E-state index is 0.164. The van der Waals surface area contributed by atoms with Crippen molar-refractivity contribution in [2.24, 2.45) is 0 Å². The summed E-state index contributed by atoms with van der Waals surface area (Å²) in [6.07, 6.45) is 6.09. The first-order valence-corrected chi connectivity index (χ1v) is 9.58. The SMILES string of the molecule is COc1ccc(/C=C2\C(=O)/C(=C/c3ccc(OC)cc3)[C@H]3CC[C@H]2N3C)cc1. The van der Waals surface area contributed by atoms with Crippen molar-refractivity contribution in [3.63, 3.8) is 0 Å². The zero-order chi connectivity index (χ0) is 19.7. The summed E-state index contributed by atoms with van der Waals surface area (Å²) in [6.45, 7) is 0. The van der Waals surface area contributed by atoms with Gasteiger partial charge in [0.25, 0.3) is 0 Å². The Kier molecular flexibility index (Phi) is 5.05. The van der Waals surface area contributed by atoms with Gasteiger partial charge in [-0.3, -0.25) is 9.69 Å². The second-order valence-corrected chi connectivity index (χ2v) is 7.35. The van der Waals surface area contributed by atoms with Crippen LogP contribution in [0.5, 0.6) is 11.5 Å². The van der Waals surface area contributed by atoms with Crippen LogP contribution in [0.1, 0.15) is 24.0 Å². The van der Waals surface area contributed by atoms with E-state index in [-0.39, 0.29) is 17.9 Å². The third kappa shape index (κ3) is 3.36. The Morgan fingerprint density at radius 2 is 1.18 bits per heavy atom. The fourth-order valence-electron chi connectivity index (χ4n) is 4.24. The molecule has 28 heavy (non-hydrogen) atoms. The number of ether oxygens (including phenoxy) is 2. The lowest BCUT2D eigenvalue weighted by Gasteiger charge is -2.34. The van der Waals surface area contributed by atoms with E-state index in [9.17, 15) is 4.79 Å². The first-order chi connectivity index (χ1) is 13.6. The molecule has 2 aliphatic rings. The molecule has 0 aliphatic carbocycles. The number of carbonyl (C=O) groups is 1. The van der Waals surface area contributed by atoms with E-state index in [1.807, 2.05) is 60.7 Å². The molecule has 2 aromatic carbocycles. The van der Waals surface area contributed by atoms with Crippen LogP contribution in [0.2, 0.25) is 0 Å². The Hall–Kier alpha value is -2.85. The number of hydrogen-bond donors (Lipinski definition) is 0. The van der Waals surface area contributed by atoms with E-state index in [2.05, 4.69) is 11.9 Å². The number of nitrogens with zero attached hydrogens (tertiary/aromatic N) is 1. The number of rotatable bonds is 4. The van der Waals surface area contributed by atoms with E-state index in [1.165, 1.54) is 0 Å². The van der Waals surface area contributed by atoms with Crippen molar-refractivity contribution in [3.05, 3.63) is 70.8 Å². The van der Waals surface area contributed by atoms with Crippen molar-refractivity contribution in [2.75, 3.05) is 21.3 Å². The van der Waals surface area contributed by atoms with E-state index >= 15 is 0 Å². The average molecular weight is 375 g/mol. The van der Waals surface area contributed by atoms with Crippen molar-refractivity contribution < 1.29 is 14.3 Å². The number of methoxy groups -OCH3 is 2. The molecule has 2 fully saturated rings. The first kappa shape index (κ1) is 18.5. The highest BCUT2D eigenvalue weighted by atomic mass is 16.5. The molecule has 2 bridgehead atoms. The summed E-state index contributed by atoms with van der Waals surface area (Å²) < 4.78 is 10.5. The smallest absolute Gasteiger partial charge is 0.188 e. The van der Waals surface area contributed by atoms with Crippen molar-refractivity contribution in [3.8, 4) is 11.5 Å². The standard InChI is InChI=1S/C24H25NO3/c1-25-22-12-13-23(25)21(15-17-6-10-19(28-3)11-7-17)24(26)20(22)14-16-4-8-18(27-2)9-5-16/h4-11,14-15,22-23H,12-13H2,1-3H3/b20-14-,21-15+/t22-,23-/m1/s1. The molecule has 0 aromatic heterocycles. The first-order valence-electron chi connectivity index (χ1n) is 9.58. The molecule has 2 aromatic rings. The molecule has 2 heterocycles. The molecule has 0 radical (unpaired) electrons. The molecule has 0 saturated carbocycles. The van der Waals surface area contributed by atoms with Crippen LogP contribution in [-0.4, -0.2) is 44.0 Å². The van der Waals surface area contributed by atoms with E-state index in [0.717, 1.165) is 46.6 Å². The molecular weight excluding hydrogens is 350 g/mol. The van der Waals surface area contributed by atoms with E-state index in [4.69, 9.17) is 9.47 Å². The number of Topliss-reactive ketones (excluding diaryl/α,β-unsaturated/α-hetero) is 1. The summed E-state index contributed by atoms with van der Waals surface area (Å²) in [5.41, 5.74) is 3.79. The Bertz CT molecular complexity index is 850. The van der Waals surface area contributed by atoms with Gasteiger partial charge in [-0.25, -0.2) is 0 Å². The summed E-state index contributed by atoms with van der Waals surface area (Å²) >= 11 is 0. The van der Waals surface area contributed by atoms with Crippen LogP contribution in [0.15, 0.2) is 59.7 Å². The number of ketones is 1. The lowest BCUT2D eigenvalue weighted by atomic mass is 9.88. The molecule has 0 spiro atoms. The van der Waals surface area contributed by atoms with E-state index in [1.54, 1.807) is 14.2 Å². The zero-order valence-corrected chi connectivity index (χ0v) is 16.5. The molecule has 0 N–H and O–H groups in total. The van der Waals surface area contributed by atoms with Gasteiger partial charge in [-0.1, -0.05) is 24.3 Å². The van der Waals surface area contributed by atoms with Gasteiger partial charge < -0.3 is 9.47 Å². The van der Waals surface area contributed by atoms with Crippen LogP contribution in [-0.2, 0) is 4.79 Å². The topological polar surface area (TPSA) is 38.8 Å². The Labute approximate surface area is 166 Å². The lowest BCUT2D eigenvalue weighted by Crippen LogP contribution is -2.43. The Morgan fingerprint density at radius 1 is 0.786 bits per heavy atom. The summed E-state index contributed by atoms with van der Waals surface area (Å²) in [5, 5.41) is 0. The third-order valence-electron chi connectivity index (χ3n) is 5.82. The van der Waals surface area contributed by atoms with Gasteiger partial charge in [-0.05, 0) is 67.4 Å². The van der Waals surface area contributed by atoms with E-state index in [0.29, 0.717) is 0 Å². The Morgan fingerprint density at radius 3 is 1.54 bits per heavy atom. The quantitative estimate of drug-likeness (QED) is 0.750. The molecule has 2 atom stereocenters. The number of benzene rings is 2. The molecule has 144 valence electrons. The van der Waals surface area contributed by atoms with Gasteiger partial charge in [-0.2, -0.15) is 0 Å². The highest BCUT2D eigenvalue weighted by Crippen LogP contribution is 2.40. The maximum Gasteiger partial charge on any atom is 0.188 e. The minimum Gasteiger partial charge on any atom is -0.497 e. The summed E-state index contributed by atoms with van der Waals surface area (Å²) in [6, 6.07) is 16.0. The number of carbonyl (C=O) groups excluding carboxylic acids is 1. The van der Waals surface area contributed by atoms with Crippen LogP contribution in [0, 0.1) is 0 Å². The number of likely N-dealkylation sites (N-methyl/N-ethyl adjacent to an activating group) is 1. The van der Waals surface area contributed by atoms with Crippen LogP contribution in [0.4, 0.5) is 0 Å². The predicted octanol–water partition coefficient (Wildman–Crippen LogP) is 4.22. The number of fused-ring (bicyclic) bond motifs is 2. The van der Waals surface area contributed by atoms with Gasteiger partial charge in [0.15, 0.2) is 5.78 Å². The minimum atomic E-state index is 0.164. The van der Waals surface area contributed by atoms with Crippen LogP contribution in [0.3, 0.4) is 0 Å². The fourth-order valence-corrected chi connectivity index (χ4v) is 4.24. The molecule has 4 rings (SSSR count). The monoisotopic (exact) mass is 375 g/mol. The van der Waals surface area contributed by atoms with Crippen molar-refractivity contribution >= 4 is 17.9 Å². The largest absolute Gasteiger partial charge is 0.497 e. The molecule has 0 amide bonds. The Balaban J connectivity index is 1.70.